The van der Waals surface area contributed by atoms with Gasteiger partial charge in [-0.25, -0.2) is 4.99 Å². The van der Waals surface area contributed by atoms with Crippen LogP contribution < -0.4 is 26.3 Å². The predicted molar refractivity (Wildman–Crippen MR) is 161 cm³/mol. The molecule has 3 heterocycles. The van der Waals surface area contributed by atoms with Crippen molar-refractivity contribution in [2.24, 2.45) is 4.99 Å². The van der Waals surface area contributed by atoms with E-state index in [4.69, 9.17) is 44.2 Å². The molecule has 1 spiro atoms. The Morgan fingerprint density at radius 3 is 2.26 bits per heavy atom. The van der Waals surface area contributed by atoms with Gasteiger partial charge in [-0.15, -0.1) is 0 Å². The van der Waals surface area contributed by atoms with Crippen molar-refractivity contribution < 1.29 is 9.22 Å². The van der Waals surface area contributed by atoms with Crippen molar-refractivity contribution in [1.82, 2.24) is 20.9 Å². The highest BCUT2D eigenvalue weighted by molar-refractivity contribution is 6.99. The molecule has 0 bridgehead atoms. The normalized spacial score (nSPS) is 24.4. The highest BCUT2D eigenvalue weighted by Gasteiger charge is 2.58. The number of amides is 1. The van der Waals surface area contributed by atoms with Crippen molar-refractivity contribution in [3.05, 3.63) is 85.2 Å². The van der Waals surface area contributed by atoms with E-state index in [1.54, 1.807) is 0 Å². The van der Waals surface area contributed by atoms with E-state index in [9.17, 15) is 4.79 Å². The molecule has 1 saturated heterocycles. The first-order valence-corrected chi connectivity index (χ1v) is 15.8. The summed E-state index contributed by atoms with van der Waals surface area (Å²) in [5.41, 5.74) is -0.700. The van der Waals surface area contributed by atoms with Gasteiger partial charge in [0.15, 0.2) is 5.66 Å². The number of halogens is 3. The zero-order valence-electron chi connectivity index (χ0n) is 22.0. The summed E-state index contributed by atoms with van der Waals surface area (Å²) in [7, 11) is -2.84. The SMILES string of the molecule is C=C1N[C@H]2[C@H](CO[Si](c3ccccc3)(c3ccccc3)C(C)(C)C)N=C(NC(=O)C(Cl)(Cl)Cl)N3CC=C[C@]23N1. The van der Waals surface area contributed by atoms with Crippen LogP contribution in [0, 0.1) is 0 Å². The summed E-state index contributed by atoms with van der Waals surface area (Å²) in [5, 5.41) is 11.8. The van der Waals surface area contributed by atoms with Crippen LogP contribution in [0.4, 0.5) is 0 Å². The summed E-state index contributed by atoms with van der Waals surface area (Å²) in [6.45, 7) is 11.6. The zero-order valence-corrected chi connectivity index (χ0v) is 25.3. The molecule has 5 rings (SSSR count). The molecule has 0 unspecified atom stereocenters. The van der Waals surface area contributed by atoms with Gasteiger partial charge in [-0.2, -0.15) is 0 Å². The van der Waals surface area contributed by atoms with Gasteiger partial charge in [0.25, 0.3) is 18.0 Å². The minimum absolute atomic E-state index is 0.206. The Kier molecular flexibility index (Phi) is 7.31. The topological polar surface area (TPSA) is 78.0 Å². The molecule has 1 amide bonds. The molecule has 0 aromatic heterocycles. The van der Waals surface area contributed by atoms with Crippen molar-refractivity contribution >= 4 is 65.4 Å². The van der Waals surface area contributed by atoms with E-state index < -0.39 is 29.7 Å². The van der Waals surface area contributed by atoms with E-state index in [0.717, 1.165) is 0 Å². The van der Waals surface area contributed by atoms with Crippen molar-refractivity contribution in [2.75, 3.05) is 13.2 Å². The number of nitrogens with one attached hydrogen (secondary N) is 3. The van der Waals surface area contributed by atoms with Gasteiger partial charge in [0.05, 0.1) is 18.5 Å². The van der Waals surface area contributed by atoms with Crippen LogP contribution in [0.15, 0.2) is 90.2 Å². The van der Waals surface area contributed by atoms with Crippen molar-refractivity contribution in [3.63, 3.8) is 0 Å². The summed E-state index contributed by atoms with van der Waals surface area (Å²) in [6.07, 6.45) is 4.08. The van der Waals surface area contributed by atoms with Gasteiger partial charge in [-0.3, -0.25) is 10.1 Å². The van der Waals surface area contributed by atoms with Gasteiger partial charge in [-0.1, -0.05) is 129 Å². The molecule has 7 nitrogen and oxygen atoms in total. The molecule has 3 aliphatic heterocycles. The lowest BCUT2D eigenvalue weighted by atomic mass is 9.93. The average molecular weight is 605 g/mol. The smallest absolute Gasteiger partial charge is 0.278 e. The second kappa shape index (κ2) is 10.2. The number of hydrogen-bond acceptors (Lipinski definition) is 6. The maximum Gasteiger partial charge on any atom is 0.278 e. The van der Waals surface area contributed by atoms with E-state index in [-0.39, 0.29) is 17.7 Å². The first kappa shape index (κ1) is 28.1. The lowest BCUT2D eigenvalue weighted by molar-refractivity contribution is -0.119. The van der Waals surface area contributed by atoms with Crippen LogP contribution in [0.3, 0.4) is 0 Å². The van der Waals surface area contributed by atoms with Gasteiger partial charge >= 0.3 is 0 Å². The number of hydrogen-bond donors (Lipinski definition) is 3. The van der Waals surface area contributed by atoms with Gasteiger partial charge in [-0.05, 0) is 21.5 Å². The molecule has 2 aromatic carbocycles. The maximum atomic E-state index is 12.7. The Hall–Kier alpha value is -2.49. The lowest BCUT2D eigenvalue weighted by Crippen LogP contribution is -2.71. The minimum Gasteiger partial charge on any atom is -0.405 e. The molecule has 11 heteroatoms. The number of carbonyl (C=O) groups is 1. The molecule has 206 valence electrons. The van der Waals surface area contributed by atoms with Crippen molar-refractivity contribution in [3.8, 4) is 0 Å². The molecule has 3 atom stereocenters. The summed E-state index contributed by atoms with van der Waals surface area (Å²) >= 11 is 17.7. The predicted octanol–water partition coefficient (Wildman–Crippen LogP) is 3.39. The van der Waals surface area contributed by atoms with Crippen LogP contribution in [-0.2, 0) is 9.22 Å². The van der Waals surface area contributed by atoms with Gasteiger partial charge in [0.2, 0.25) is 5.96 Å². The molecule has 0 aliphatic carbocycles. The highest BCUT2D eigenvalue weighted by atomic mass is 35.6. The number of nitrogens with zero attached hydrogens (tertiary/aromatic N) is 2. The molecule has 39 heavy (non-hydrogen) atoms. The summed E-state index contributed by atoms with van der Waals surface area (Å²) < 4.78 is 5.08. The lowest BCUT2D eigenvalue weighted by Gasteiger charge is -2.48. The molecule has 3 aliphatic rings. The van der Waals surface area contributed by atoms with E-state index in [1.165, 1.54) is 10.4 Å². The first-order valence-electron chi connectivity index (χ1n) is 12.8. The van der Waals surface area contributed by atoms with Gasteiger partial charge in [0, 0.05) is 6.54 Å². The van der Waals surface area contributed by atoms with Crippen LogP contribution in [0.5, 0.6) is 0 Å². The molecular weight excluding hydrogens is 573 g/mol. The van der Waals surface area contributed by atoms with Crippen LogP contribution in [0.25, 0.3) is 0 Å². The number of carbonyl (C=O) groups excluding carboxylic acids is 1. The molecule has 0 radical (unpaired) electrons. The van der Waals surface area contributed by atoms with E-state index in [2.05, 4.69) is 97.9 Å². The third-order valence-corrected chi connectivity index (χ3v) is 13.1. The second-order valence-electron chi connectivity index (χ2n) is 11.0. The van der Waals surface area contributed by atoms with Crippen molar-refractivity contribution in [2.45, 2.75) is 47.3 Å². The molecule has 3 N–H and O–H groups in total. The molecule has 2 aromatic rings. The van der Waals surface area contributed by atoms with E-state index >= 15 is 0 Å². The Labute approximate surface area is 245 Å². The molecule has 1 fully saturated rings. The Morgan fingerprint density at radius 2 is 1.72 bits per heavy atom. The molecular formula is C28H32Cl3N5O2Si. The number of aliphatic imine (C=N–C) groups is 1. The van der Waals surface area contributed by atoms with E-state index in [0.29, 0.717) is 18.3 Å². The maximum absolute atomic E-state index is 12.7. The van der Waals surface area contributed by atoms with Crippen LogP contribution >= 0.6 is 34.8 Å². The average Bonchev–Trinajstić information content (AvgIpc) is 3.46. The third-order valence-electron chi connectivity index (χ3n) is 7.56. The standard InChI is InChI=1S/C28H32Cl3N5O2Si/c1-19-32-23-22(33-25(34-24(37)28(29,30)31)36-17-11-16-27(23,36)35-19)18-38-39(26(2,3)4,20-12-7-5-8-13-20)21-14-9-6-10-15-21/h5-16,22-23,32,35H,1,17-18H2,2-4H3,(H,33,34,37)/t22-,23-,27+/m0/s1. The third kappa shape index (κ3) is 4.87. The Balaban J connectivity index is 1.58. The van der Waals surface area contributed by atoms with E-state index in [1.807, 2.05) is 23.1 Å². The summed E-state index contributed by atoms with van der Waals surface area (Å²) in [4.78, 5) is 19.6. The Bertz CT molecular complexity index is 1270. The zero-order chi connectivity index (χ0) is 28.1. The highest BCUT2D eigenvalue weighted by Crippen LogP contribution is 2.39. The van der Waals surface area contributed by atoms with Crippen LogP contribution in [0.1, 0.15) is 20.8 Å². The first-order chi connectivity index (χ1) is 18.4. The number of benzene rings is 2. The minimum atomic E-state index is -2.84. The van der Waals surface area contributed by atoms with Gasteiger partial charge in [0.1, 0.15) is 6.04 Å². The summed E-state index contributed by atoms with van der Waals surface area (Å²) in [6, 6.07) is 20.3. The number of alkyl halides is 3. The van der Waals surface area contributed by atoms with Crippen LogP contribution in [0.2, 0.25) is 5.04 Å². The number of rotatable bonds is 5. The molecule has 0 saturated carbocycles. The quantitative estimate of drug-likeness (QED) is 0.277. The fourth-order valence-corrected chi connectivity index (χ4v) is 10.7. The largest absolute Gasteiger partial charge is 0.405 e. The van der Waals surface area contributed by atoms with Gasteiger partial charge < -0.3 is 20.0 Å². The summed E-state index contributed by atoms with van der Waals surface area (Å²) in [5.74, 6) is 0.201. The van der Waals surface area contributed by atoms with Crippen LogP contribution in [-0.4, -0.2) is 59.8 Å². The fourth-order valence-electron chi connectivity index (χ4n) is 5.94. The fraction of sp³-hybridized carbons (Fsp3) is 0.357. The monoisotopic (exact) mass is 603 g/mol. The Morgan fingerprint density at radius 1 is 1.13 bits per heavy atom. The number of guanidine groups is 1. The van der Waals surface area contributed by atoms with Crippen molar-refractivity contribution in [1.29, 1.82) is 0 Å². The second-order valence-corrected chi connectivity index (χ2v) is 17.6.